The summed E-state index contributed by atoms with van der Waals surface area (Å²) in [6, 6.07) is 1.82. The van der Waals surface area contributed by atoms with Crippen LogP contribution < -0.4 is 18.7 Å². The number of rotatable bonds is 11. The molecule has 1 aliphatic rings. The summed E-state index contributed by atoms with van der Waals surface area (Å²) in [7, 11) is -8.15. The number of hydrogen-bond donors (Lipinski definition) is 2. The maximum Gasteiger partial charge on any atom is 0.342 e. The Kier molecular flexibility index (Phi) is 9.38. The van der Waals surface area contributed by atoms with Crippen LogP contribution in [0.1, 0.15) is 44.5 Å². The van der Waals surface area contributed by atoms with Crippen molar-refractivity contribution < 1.29 is 30.5 Å². The third-order valence-electron chi connectivity index (χ3n) is 6.23. The zero-order chi connectivity index (χ0) is 28.5. The molecule has 0 aliphatic carbocycles. The first-order valence-corrected chi connectivity index (χ1v) is 17.4. The van der Waals surface area contributed by atoms with Crippen molar-refractivity contribution in [3.05, 3.63) is 42.7 Å². The van der Waals surface area contributed by atoms with E-state index in [4.69, 9.17) is 33.2 Å². The van der Waals surface area contributed by atoms with E-state index in [-0.39, 0.29) is 0 Å². The van der Waals surface area contributed by atoms with E-state index in [0.29, 0.717) is 70.0 Å². The van der Waals surface area contributed by atoms with Gasteiger partial charge in [-0.2, -0.15) is 16.8 Å². The predicted molar refractivity (Wildman–Crippen MR) is 156 cm³/mol. The molecule has 16 heteroatoms. The highest BCUT2D eigenvalue weighted by molar-refractivity contribution is 7.86. The van der Waals surface area contributed by atoms with Crippen LogP contribution in [0.25, 0.3) is 22.5 Å². The van der Waals surface area contributed by atoms with Gasteiger partial charge >= 0.3 is 5.65 Å². The molecule has 0 amide bonds. The minimum absolute atomic E-state index is 0.298. The van der Waals surface area contributed by atoms with Crippen molar-refractivity contribution in [1.29, 1.82) is 0 Å². The van der Waals surface area contributed by atoms with E-state index in [1.54, 1.807) is 12.4 Å². The van der Waals surface area contributed by atoms with Crippen molar-refractivity contribution in [1.82, 2.24) is 9.97 Å². The monoisotopic (exact) mass is 653 g/mol. The Morgan fingerprint density at radius 2 is 1.72 bits per heavy atom. The summed E-state index contributed by atoms with van der Waals surface area (Å²) in [4.78, 5) is 11.4. The molecule has 2 atom stereocenters. The Morgan fingerprint density at radius 3 is 2.38 bits per heavy atom. The molecule has 0 saturated heterocycles. The Bertz CT molecular complexity index is 1750. The maximum absolute atomic E-state index is 11.3. The molecule has 39 heavy (non-hydrogen) atoms. The summed E-state index contributed by atoms with van der Waals surface area (Å²) in [5.74, 6) is 0.710. The summed E-state index contributed by atoms with van der Waals surface area (Å²) in [6.45, 7) is 3.91. The Balaban J connectivity index is 1.56. The van der Waals surface area contributed by atoms with Crippen molar-refractivity contribution in [2.45, 2.75) is 56.6 Å². The van der Waals surface area contributed by atoms with Gasteiger partial charge in [0.2, 0.25) is 5.01 Å². The van der Waals surface area contributed by atoms with E-state index >= 15 is 0 Å². The zero-order valence-electron chi connectivity index (χ0n) is 21.0. The number of anilines is 1. The van der Waals surface area contributed by atoms with Crippen LogP contribution in [0, 0.1) is 0 Å². The van der Waals surface area contributed by atoms with Crippen LogP contribution in [0.5, 0.6) is 0 Å². The molecule has 212 valence electrons. The molecule has 2 unspecified atom stereocenters. The molecule has 0 fully saturated rings. The number of aryl methyl sites for hydroxylation is 1. The van der Waals surface area contributed by atoms with E-state index < -0.39 is 30.7 Å². The maximum atomic E-state index is 11.3. The number of nitrogens with zero attached hydrogens (tertiary/aromatic N) is 4. The number of hydrogen-bond acceptors (Lipinski definition) is 9. The van der Waals surface area contributed by atoms with Crippen molar-refractivity contribution in [3.63, 3.8) is 0 Å². The standard InChI is InChI=1S/C23H26Cl2N4O6S4/c1-14(38(30,31)32)5-3-7-28-12-16(24)9-18-22(28)26-20(36-18)11-21-27-23-19(37-21)10-17(25)13-29(23)8-4-6-15(2)39(33,34)35/h9-15H,3-8H2,1-2H3,(H-,30,31,32,33,34,35)/p+1. The number of fused-ring (bicyclic) bond motifs is 2. The van der Waals surface area contributed by atoms with E-state index in [1.165, 1.54) is 36.5 Å². The molecule has 2 N–H and O–H groups in total. The molecule has 10 nitrogen and oxygen atoms in total. The van der Waals surface area contributed by atoms with Crippen LogP contribution in [0.15, 0.2) is 23.5 Å². The third-order valence-corrected chi connectivity index (χ3v) is 11.0. The first-order valence-electron chi connectivity index (χ1n) is 12.0. The largest absolute Gasteiger partial charge is 0.342 e. The van der Waals surface area contributed by atoms with Crippen molar-refractivity contribution in [2.24, 2.45) is 0 Å². The quantitative estimate of drug-likeness (QED) is 0.235. The van der Waals surface area contributed by atoms with Gasteiger partial charge in [0.25, 0.3) is 20.2 Å². The lowest BCUT2D eigenvalue weighted by Gasteiger charge is -2.21. The Labute approximate surface area is 244 Å². The Morgan fingerprint density at radius 1 is 1.05 bits per heavy atom. The van der Waals surface area contributed by atoms with Crippen molar-refractivity contribution in [2.75, 3.05) is 11.4 Å². The first kappa shape index (κ1) is 30.3. The SMILES string of the molecule is CC(CCCN1C=C(Cl)C=c2s/c(=C/c3nc4c(cc(Cl)c[n+]4CCCC(C)S(=O)(=O)O)s3)nc21)S(=O)(=O)O. The number of allylic oxidation sites excluding steroid dienone is 1. The summed E-state index contributed by atoms with van der Waals surface area (Å²) in [6.07, 6.45) is 8.81. The molecule has 3 aromatic heterocycles. The van der Waals surface area contributed by atoms with Crippen LogP contribution in [-0.4, -0.2) is 53.0 Å². The highest BCUT2D eigenvalue weighted by atomic mass is 35.5. The zero-order valence-corrected chi connectivity index (χ0v) is 25.8. The molecule has 0 bridgehead atoms. The summed E-state index contributed by atoms with van der Waals surface area (Å²) in [5.41, 5.74) is 0.710. The summed E-state index contributed by atoms with van der Waals surface area (Å²) in [5, 5.41) is 0.0621. The minimum Gasteiger partial charge on any atom is -0.330 e. The van der Waals surface area contributed by atoms with Crippen molar-refractivity contribution in [3.8, 4) is 0 Å². The fourth-order valence-corrected chi connectivity index (χ4v) is 7.51. The first-order chi connectivity index (χ1) is 18.2. The lowest BCUT2D eigenvalue weighted by Crippen LogP contribution is -2.35. The van der Waals surface area contributed by atoms with Gasteiger partial charge in [-0.05, 0) is 56.7 Å². The predicted octanol–water partition coefficient (Wildman–Crippen LogP) is 3.32. The highest BCUT2D eigenvalue weighted by Crippen LogP contribution is 2.24. The topological polar surface area (TPSA) is 142 Å². The van der Waals surface area contributed by atoms with Gasteiger partial charge in [-0.1, -0.05) is 34.5 Å². The van der Waals surface area contributed by atoms with Gasteiger partial charge in [-0.3, -0.25) is 9.11 Å². The normalized spacial score (nSPS) is 16.2. The number of halogens is 2. The molecule has 0 spiro atoms. The van der Waals surface area contributed by atoms with Crippen LogP contribution >= 0.6 is 45.9 Å². The van der Waals surface area contributed by atoms with Gasteiger partial charge in [-0.15, -0.1) is 11.3 Å². The number of aromatic nitrogens is 3. The molecular formula is C23H27Cl2N4O6S4+. The van der Waals surface area contributed by atoms with Gasteiger partial charge in [0, 0.05) is 18.8 Å². The fraction of sp³-hybridized carbons (Fsp3) is 0.435. The lowest BCUT2D eigenvalue weighted by molar-refractivity contribution is -0.673. The highest BCUT2D eigenvalue weighted by Gasteiger charge is 2.22. The fourth-order valence-electron chi connectivity index (χ4n) is 3.99. The van der Waals surface area contributed by atoms with E-state index in [2.05, 4.69) is 0 Å². The molecular weight excluding hydrogens is 627 g/mol. The molecule has 0 radical (unpaired) electrons. The Hall–Kier alpha value is -1.65. The van der Waals surface area contributed by atoms with Gasteiger partial charge in [0.15, 0.2) is 5.82 Å². The van der Waals surface area contributed by atoms with Crippen LogP contribution in [0.3, 0.4) is 0 Å². The van der Waals surface area contributed by atoms with Gasteiger partial charge in [-0.25, -0.2) is 9.55 Å². The van der Waals surface area contributed by atoms with Crippen LogP contribution in [0.4, 0.5) is 5.82 Å². The van der Waals surface area contributed by atoms with E-state index in [9.17, 15) is 25.9 Å². The van der Waals surface area contributed by atoms with Crippen molar-refractivity contribution >= 4 is 94.4 Å². The molecule has 0 saturated carbocycles. The van der Waals surface area contributed by atoms with E-state index in [1.807, 2.05) is 27.7 Å². The molecule has 1 aliphatic heterocycles. The van der Waals surface area contributed by atoms with Gasteiger partial charge in [0.05, 0.1) is 31.6 Å². The average molecular weight is 655 g/mol. The number of pyridine rings is 1. The number of thiazole rings is 2. The summed E-state index contributed by atoms with van der Waals surface area (Å²) >= 11 is 15.5. The van der Waals surface area contributed by atoms with Gasteiger partial charge < -0.3 is 4.90 Å². The van der Waals surface area contributed by atoms with Crippen LogP contribution in [-0.2, 0) is 26.8 Å². The second-order valence-electron chi connectivity index (χ2n) is 9.26. The second-order valence-corrected chi connectivity index (χ2v) is 15.9. The molecule has 4 heterocycles. The van der Waals surface area contributed by atoms with Crippen LogP contribution in [0.2, 0.25) is 5.02 Å². The smallest absolute Gasteiger partial charge is 0.330 e. The average Bonchev–Trinajstić information content (AvgIpc) is 3.40. The summed E-state index contributed by atoms with van der Waals surface area (Å²) < 4.78 is 67.9. The van der Waals surface area contributed by atoms with E-state index in [0.717, 1.165) is 9.23 Å². The molecule has 0 aromatic carbocycles. The molecule has 4 rings (SSSR count). The van der Waals surface area contributed by atoms with Gasteiger partial charge in [0.1, 0.15) is 15.6 Å². The second kappa shape index (κ2) is 12.1. The lowest BCUT2D eigenvalue weighted by atomic mass is 10.2. The third kappa shape index (κ3) is 7.76. The minimum atomic E-state index is -4.07. The molecule has 3 aromatic rings.